The molecule has 0 aliphatic heterocycles. The van der Waals surface area contributed by atoms with Crippen LogP contribution < -0.4 is 10.2 Å². The Bertz CT molecular complexity index is 647. The number of aryl methyl sites for hydroxylation is 1. The maximum Gasteiger partial charge on any atom is 0.211 e. The lowest BCUT2D eigenvalue weighted by atomic mass is 10.2. The van der Waals surface area contributed by atoms with Crippen molar-refractivity contribution < 1.29 is 9.53 Å². The van der Waals surface area contributed by atoms with E-state index in [0.717, 1.165) is 0 Å². The van der Waals surface area contributed by atoms with Gasteiger partial charge in [0.1, 0.15) is 11.4 Å². The number of para-hydroxylation sites is 2. The average Bonchev–Trinajstić information content (AvgIpc) is 2.39. The summed E-state index contributed by atoms with van der Waals surface area (Å²) in [6.07, 6.45) is 0.452. The largest absolute Gasteiger partial charge is 0.494 e. The molecule has 0 aliphatic rings. The molecule has 0 unspecified atom stereocenters. The summed E-state index contributed by atoms with van der Waals surface area (Å²) < 4.78 is 6.75. The van der Waals surface area contributed by atoms with Crippen LogP contribution in [0.5, 0.6) is 5.75 Å². The van der Waals surface area contributed by atoms with E-state index < -0.39 is 0 Å². The van der Waals surface area contributed by atoms with Gasteiger partial charge in [-0.05, 0) is 19.1 Å². The standard InChI is InChI=1S/C13H12N2O3/c1-9-7-12(17)10(8-16)14-15(9)11-5-3-4-6-13(11)18-2/h3-8H,1-2H3. The summed E-state index contributed by atoms with van der Waals surface area (Å²) in [5, 5.41) is 4.03. The highest BCUT2D eigenvalue weighted by Crippen LogP contribution is 2.21. The van der Waals surface area contributed by atoms with Gasteiger partial charge in [0.25, 0.3) is 0 Å². The van der Waals surface area contributed by atoms with Gasteiger partial charge in [0.15, 0.2) is 12.0 Å². The lowest BCUT2D eigenvalue weighted by Crippen LogP contribution is -2.18. The Morgan fingerprint density at radius 2 is 2.06 bits per heavy atom. The lowest BCUT2D eigenvalue weighted by Gasteiger charge is -2.12. The normalized spacial score (nSPS) is 10.1. The molecule has 0 saturated heterocycles. The van der Waals surface area contributed by atoms with Gasteiger partial charge in [-0.25, -0.2) is 4.68 Å². The molecule has 0 aliphatic carbocycles. The van der Waals surface area contributed by atoms with Gasteiger partial charge in [0.2, 0.25) is 5.43 Å². The third-order valence-corrected chi connectivity index (χ3v) is 2.56. The highest BCUT2D eigenvalue weighted by Gasteiger charge is 2.10. The van der Waals surface area contributed by atoms with E-state index in [1.807, 2.05) is 12.1 Å². The van der Waals surface area contributed by atoms with Crippen LogP contribution in [0.1, 0.15) is 16.2 Å². The quantitative estimate of drug-likeness (QED) is 0.765. The van der Waals surface area contributed by atoms with E-state index in [9.17, 15) is 9.59 Å². The minimum absolute atomic E-state index is 0.119. The van der Waals surface area contributed by atoms with Crippen LogP contribution in [0.3, 0.4) is 0 Å². The van der Waals surface area contributed by atoms with Crippen LogP contribution in [0.25, 0.3) is 5.69 Å². The first kappa shape index (κ1) is 12.0. The predicted octanol–water partition coefficient (Wildman–Crippen LogP) is 1.36. The Morgan fingerprint density at radius 1 is 1.33 bits per heavy atom. The van der Waals surface area contributed by atoms with Crippen molar-refractivity contribution in [2.24, 2.45) is 0 Å². The molecule has 2 rings (SSSR count). The molecule has 5 nitrogen and oxygen atoms in total. The molecule has 0 N–H and O–H groups in total. The number of nitrogens with zero attached hydrogens (tertiary/aromatic N) is 2. The van der Waals surface area contributed by atoms with Gasteiger partial charge in [-0.15, -0.1) is 0 Å². The molecule has 1 aromatic heterocycles. The van der Waals surface area contributed by atoms with Gasteiger partial charge in [-0.2, -0.15) is 5.10 Å². The van der Waals surface area contributed by atoms with E-state index >= 15 is 0 Å². The van der Waals surface area contributed by atoms with Crippen molar-refractivity contribution in [1.82, 2.24) is 9.78 Å². The second-order valence-corrected chi connectivity index (χ2v) is 3.74. The van der Waals surface area contributed by atoms with Crippen molar-refractivity contribution in [3.63, 3.8) is 0 Å². The summed E-state index contributed by atoms with van der Waals surface area (Å²) >= 11 is 0. The zero-order chi connectivity index (χ0) is 13.1. The molecule has 0 atom stereocenters. The molecule has 18 heavy (non-hydrogen) atoms. The van der Waals surface area contributed by atoms with E-state index in [4.69, 9.17) is 4.74 Å². The monoisotopic (exact) mass is 244 g/mol. The summed E-state index contributed by atoms with van der Waals surface area (Å²) in [6.45, 7) is 1.75. The summed E-state index contributed by atoms with van der Waals surface area (Å²) in [7, 11) is 1.55. The number of aromatic nitrogens is 2. The van der Waals surface area contributed by atoms with Crippen LogP contribution in [0.2, 0.25) is 0 Å². The molecule has 5 heteroatoms. The summed E-state index contributed by atoms with van der Waals surface area (Å²) in [5.41, 5.74) is 0.816. The number of carbonyl (C=O) groups excluding carboxylic acids is 1. The molecule has 0 fully saturated rings. The van der Waals surface area contributed by atoms with Gasteiger partial charge < -0.3 is 4.74 Å². The van der Waals surface area contributed by atoms with Crippen LogP contribution >= 0.6 is 0 Å². The Morgan fingerprint density at radius 3 is 2.72 bits per heavy atom. The van der Waals surface area contributed by atoms with Crippen molar-refractivity contribution in [3.05, 3.63) is 51.9 Å². The van der Waals surface area contributed by atoms with Crippen molar-refractivity contribution in [2.75, 3.05) is 7.11 Å². The minimum atomic E-state index is -0.381. The number of rotatable bonds is 3. The first-order valence-corrected chi connectivity index (χ1v) is 5.37. The Hall–Kier alpha value is -2.43. The third-order valence-electron chi connectivity index (χ3n) is 2.56. The minimum Gasteiger partial charge on any atom is -0.494 e. The number of hydrogen-bond acceptors (Lipinski definition) is 4. The molecule has 2 aromatic rings. The molecular weight excluding hydrogens is 232 g/mol. The number of hydrogen-bond donors (Lipinski definition) is 0. The van der Waals surface area contributed by atoms with E-state index in [-0.39, 0.29) is 11.1 Å². The fourth-order valence-electron chi connectivity index (χ4n) is 1.69. The summed E-state index contributed by atoms with van der Waals surface area (Å²) in [5.74, 6) is 0.619. The zero-order valence-electron chi connectivity index (χ0n) is 10.1. The molecule has 0 saturated carbocycles. The number of methoxy groups -OCH3 is 1. The fraction of sp³-hybridized carbons (Fsp3) is 0.154. The van der Waals surface area contributed by atoms with Crippen LogP contribution in [0.15, 0.2) is 35.1 Å². The highest BCUT2D eigenvalue weighted by molar-refractivity contribution is 5.71. The van der Waals surface area contributed by atoms with E-state index in [0.29, 0.717) is 23.4 Å². The number of benzene rings is 1. The van der Waals surface area contributed by atoms with Crippen LogP contribution in [0, 0.1) is 6.92 Å². The van der Waals surface area contributed by atoms with Crippen LogP contribution in [-0.2, 0) is 0 Å². The molecule has 0 bridgehead atoms. The van der Waals surface area contributed by atoms with Crippen molar-refractivity contribution in [2.45, 2.75) is 6.92 Å². The van der Waals surface area contributed by atoms with E-state index in [1.54, 1.807) is 26.2 Å². The SMILES string of the molecule is COc1ccccc1-n1nc(C=O)c(=O)cc1C. The van der Waals surface area contributed by atoms with E-state index in [2.05, 4.69) is 5.10 Å². The van der Waals surface area contributed by atoms with Gasteiger partial charge in [-0.3, -0.25) is 9.59 Å². The molecule has 1 heterocycles. The van der Waals surface area contributed by atoms with Crippen molar-refractivity contribution in [3.8, 4) is 11.4 Å². The molecule has 0 amide bonds. The number of ether oxygens (including phenoxy) is 1. The predicted molar refractivity (Wildman–Crippen MR) is 66.5 cm³/mol. The van der Waals surface area contributed by atoms with Crippen LogP contribution in [0.4, 0.5) is 0 Å². The third kappa shape index (κ3) is 2.02. The molecular formula is C13H12N2O3. The summed E-state index contributed by atoms with van der Waals surface area (Å²) in [4.78, 5) is 22.2. The fourth-order valence-corrected chi connectivity index (χ4v) is 1.69. The smallest absolute Gasteiger partial charge is 0.211 e. The number of aldehydes is 1. The first-order valence-electron chi connectivity index (χ1n) is 5.37. The molecule has 1 aromatic carbocycles. The molecule has 0 radical (unpaired) electrons. The topological polar surface area (TPSA) is 61.2 Å². The molecule has 92 valence electrons. The Balaban J connectivity index is 2.71. The second-order valence-electron chi connectivity index (χ2n) is 3.74. The summed E-state index contributed by atoms with van der Waals surface area (Å²) in [6, 6.07) is 8.63. The van der Waals surface area contributed by atoms with Gasteiger partial charge in [-0.1, -0.05) is 12.1 Å². The molecule has 0 spiro atoms. The van der Waals surface area contributed by atoms with Crippen LogP contribution in [-0.4, -0.2) is 23.2 Å². The van der Waals surface area contributed by atoms with E-state index in [1.165, 1.54) is 10.7 Å². The van der Waals surface area contributed by atoms with Gasteiger partial charge in [0, 0.05) is 11.8 Å². The zero-order valence-corrected chi connectivity index (χ0v) is 10.1. The average molecular weight is 244 g/mol. The highest BCUT2D eigenvalue weighted by atomic mass is 16.5. The Labute approximate surface area is 104 Å². The van der Waals surface area contributed by atoms with Gasteiger partial charge in [0.05, 0.1) is 7.11 Å². The Kier molecular flexibility index (Phi) is 3.23. The maximum absolute atomic E-state index is 11.5. The second kappa shape index (κ2) is 4.83. The first-order chi connectivity index (χ1) is 8.67. The lowest BCUT2D eigenvalue weighted by molar-refractivity contribution is 0.111. The van der Waals surface area contributed by atoms with Gasteiger partial charge >= 0.3 is 0 Å². The number of carbonyl (C=O) groups is 1. The maximum atomic E-state index is 11.5. The van der Waals surface area contributed by atoms with Crippen molar-refractivity contribution in [1.29, 1.82) is 0 Å². The van der Waals surface area contributed by atoms with Crippen molar-refractivity contribution >= 4 is 6.29 Å².